The van der Waals surface area contributed by atoms with Crippen molar-refractivity contribution in [3.05, 3.63) is 36.5 Å². The van der Waals surface area contributed by atoms with Crippen LogP contribution >= 0.6 is 0 Å². The summed E-state index contributed by atoms with van der Waals surface area (Å²) in [5.74, 6) is 0.885. The fourth-order valence-corrected chi connectivity index (χ4v) is 1.54. The van der Waals surface area contributed by atoms with Gasteiger partial charge in [-0.05, 0) is 18.2 Å². The van der Waals surface area contributed by atoms with Gasteiger partial charge in [-0.2, -0.15) is 0 Å². The van der Waals surface area contributed by atoms with Crippen LogP contribution < -0.4 is 4.74 Å². The van der Waals surface area contributed by atoms with Crippen molar-refractivity contribution in [2.75, 3.05) is 13.2 Å². The molecular weight excluding hydrogens is 190 g/mol. The molecule has 3 heteroatoms. The van der Waals surface area contributed by atoms with Crippen molar-refractivity contribution in [3.63, 3.8) is 0 Å². The topological polar surface area (TPSA) is 34.6 Å². The van der Waals surface area contributed by atoms with Crippen LogP contribution in [-0.2, 0) is 4.74 Å². The van der Waals surface area contributed by atoms with Crippen molar-refractivity contribution < 1.29 is 9.47 Å². The largest absolute Gasteiger partial charge is 0.490 e. The molecule has 15 heavy (non-hydrogen) atoms. The minimum Gasteiger partial charge on any atom is -0.490 e. The van der Waals surface area contributed by atoms with Gasteiger partial charge < -0.3 is 9.47 Å². The number of epoxide rings is 1. The van der Waals surface area contributed by atoms with E-state index in [0.29, 0.717) is 6.61 Å². The third-order valence-corrected chi connectivity index (χ3v) is 2.44. The molecule has 0 aliphatic carbocycles. The summed E-state index contributed by atoms with van der Waals surface area (Å²) in [6.45, 7) is 1.46. The number of ether oxygens (including phenoxy) is 2. The summed E-state index contributed by atoms with van der Waals surface area (Å²) in [5, 5.41) is 1.06. The lowest BCUT2D eigenvalue weighted by molar-refractivity contribution is 0.265. The highest BCUT2D eigenvalue weighted by molar-refractivity contribution is 5.84. The average molecular weight is 201 g/mol. The summed E-state index contributed by atoms with van der Waals surface area (Å²) in [7, 11) is 0. The van der Waals surface area contributed by atoms with Crippen molar-refractivity contribution in [1.29, 1.82) is 0 Å². The van der Waals surface area contributed by atoms with Crippen LogP contribution in [0.4, 0.5) is 0 Å². The van der Waals surface area contributed by atoms with E-state index in [2.05, 4.69) is 4.98 Å². The number of para-hydroxylation sites is 1. The highest BCUT2D eigenvalue weighted by Crippen LogP contribution is 2.24. The Labute approximate surface area is 87.6 Å². The molecule has 0 spiro atoms. The van der Waals surface area contributed by atoms with Gasteiger partial charge in [0.25, 0.3) is 0 Å². The molecule has 2 heterocycles. The highest BCUT2D eigenvalue weighted by atomic mass is 16.6. The number of aromatic nitrogens is 1. The maximum atomic E-state index is 5.68. The van der Waals surface area contributed by atoms with Gasteiger partial charge in [0.1, 0.15) is 18.5 Å². The van der Waals surface area contributed by atoms with Gasteiger partial charge in [-0.1, -0.05) is 12.1 Å². The van der Waals surface area contributed by atoms with Crippen LogP contribution in [0.5, 0.6) is 5.75 Å². The van der Waals surface area contributed by atoms with Gasteiger partial charge in [0.15, 0.2) is 0 Å². The second-order valence-corrected chi connectivity index (χ2v) is 3.59. The van der Waals surface area contributed by atoms with Crippen LogP contribution in [0.25, 0.3) is 10.9 Å². The summed E-state index contributed by atoms with van der Waals surface area (Å²) < 4.78 is 10.8. The van der Waals surface area contributed by atoms with Crippen LogP contribution in [0.2, 0.25) is 0 Å². The Hall–Kier alpha value is -1.61. The SMILES string of the molecule is c1ccc2c(OC[C@@H]3CO3)ccnc2c1. The summed E-state index contributed by atoms with van der Waals surface area (Å²) >= 11 is 0. The fourth-order valence-electron chi connectivity index (χ4n) is 1.54. The molecule has 2 aromatic rings. The van der Waals surface area contributed by atoms with E-state index in [1.54, 1.807) is 6.20 Å². The minimum absolute atomic E-state index is 0.289. The smallest absolute Gasteiger partial charge is 0.130 e. The molecule has 1 aliphatic heterocycles. The molecule has 1 fully saturated rings. The van der Waals surface area contributed by atoms with Gasteiger partial charge in [-0.3, -0.25) is 4.98 Å². The number of nitrogens with zero attached hydrogens (tertiary/aromatic N) is 1. The Morgan fingerprint density at radius 1 is 1.33 bits per heavy atom. The third-order valence-electron chi connectivity index (χ3n) is 2.44. The van der Waals surface area contributed by atoms with E-state index in [4.69, 9.17) is 9.47 Å². The molecule has 0 radical (unpaired) electrons. The number of rotatable bonds is 3. The number of hydrogen-bond acceptors (Lipinski definition) is 3. The first kappa shape index (κ1) is 8.68. The second-order valence-electron chi connectivity index (χ2n) is 3.59. The van der Waals surface area contributed by atoms with Gasteiger partial charge in [0.05, 0.1) is 12.1 Å². The zero-order valence-corrected chi connectivity index (χ0v) is 8.22. The molecule has 1 saturated heterocycles. The summed E-state index contributed by atoms with van der Waals surface area (Å²) in [6, 6.07) is 9.86. The Morgan fingerprint density at radius 2 is 2.20 bits per heavy atom. The molecule has 0 unspecified atom stereocenters. The van der Waals surface area contributed by atoms with E-state index in [1.807, 2.05) is 30.3 Å². The number of hydrogen-bond donors (Lipinski definition) is 0. The number of pyridine rings is 1. The lowest BCUT2D eigenvalue weighted by atomic mass is 10.2. The molecule has 1 aliphatic rings. The van der Waals surface area contributed by atoms with Gasteiger partial charge in [-0.25, -0.2) is 0 Å². The van der Waals surface area contributed by atoms with Crippen molar-refractivity contribution in [2.45, 2.75) is 6.10 Å². The Morgan fingerprint density at radius 3 is 3.07 bits per heavy atom. The van der Waals surface area contributed by atoms with Gasteiger partial charge in [-0.15, -0.1) is 0 Å². The van der Waals surface area contributed by atoms with Gasteiger partial charge in [0.2, 0.25) is 0 Å². The van der Waals surface area contributed by atoms with Crippen LogP contribution in [-0.4, -0.2) is 24.3 Å². The third kappa shape index (κ3) is 1.78. The lowest BCUT2D eigenvalue weighted by Gasteiger charge is -2.06. The molecule has 0 bridgehead atoms. The first-order valence-corrected chi connectivity index (χ1v) is 5.01. The van der Waals surface area contributed by atoms with Gasteiger partial charge in [0, 0.05) is 11.6 Å². The predicted molar refractivity (Wildman–Crippen MR) is 57.0 cm³/mol. The molecule has 0 saturated carbocycles. The Kier molecular flexibility index (Phi) is 2.03. The predicted octanol–water partition coefficient (Wildman–Crippen LogP) is 2.01. The molecule has 1 aromatic carbocycles. The molecule has 0 amide bonds. The monoisotopic (exact) mass is 201 g/mol. The van der Waals surface area contributed by atoms with E-state index < -0.39 is 0 Å². The highest BCUT2D eigenvalue weighted by Gasteiger charge is 2.23. The average Bonchev–Trinajstić information content (AvgIpc) is 3.10. The molecule has 1 atom stereocenters. The minimum atomic E-state index is 0.289. The quantitative estimate of drug-likeness (QED) is 0.712. The van der Waals surface area contributed by atoms with Crippen LogP contribution in [0.15, 0.2) is 36.5 Å². The first-order valence-electron chi connectivity index (χ1n) is 5.01. The van der Waals surface area contributed by atoms with Crippen molar-refractivity contribution >= 4 is 10.9 Å². The normalized spacial score (nSPS) is 19.1. The van der Waals surface area contributed by atoms with E-state index in [1.165, 1.54) is 0 Å². The zero-order chi connectivity index (χ0) is 10.1. The lowest BCUT2D eigenvalue weighted by Crippen LogP contribution is -2.04. The van der Waals surface area contributed by atoms with E-state index >= 15 is 0 Å². The Balaban J connectivity index is 1.93. The first-order chi connectivity index (χ1) is 7.43. The second kappa shape index (κ2) is 3.51. The van der Waals surface area contributed by atoms with E-state index in [-0.39, 0.29) is 6.10 Å². The van der Waals surface area contributed by atoms with Crippen LogP contribution in [0.1, 0.15) is 0 Å². The summed E-state index contributed by atoms with van der Waals surface area (Å²) in [5.41, 5.74) is 0.965. The summed E-state index contributed by atoms with van der Waals surface area (Å²) in [4.78, 5) is 4.27. The van der Waals surface area contributed by atoms with Crippen LogP contribution in [0, 0.1) is 0 Å². The standard InChI is InChI=1S/C12H11NO2/c1-2-4-11-10(3-1)12(5-6-13-11)15-8-9-7-14-9/h1-6,9H,7-8H2/t9-/m0/s1. The molecule has 1 aromatic heterocycles. The summed E-state index contributed by atoms with van der Waals surface area (Å²) in [6.07, 6.45) is 2.06. The van der Waals surface area contributed by atoms with Crippen molar-refractivity contribution in [2.24, 2.45) is 0 Å². The van der Waals surface area contributed by atoms with E-state index in [0.717, 1.165) is 23.3 Å². The maximum absolute atomic E-state index is 5.68. The Bertz CT molecular complexity index is 475. The van der Waals surface area contributed by atoms with Crippen molar-refractivity contribution in [1.82, 2.24) is 4.98 Å². The molecule has 3 nitrogen and oxygen atoms in total. The van der Waals surface area contributed by atoms with Crippen LogP contribution in [0.3, 0.4) is 0 Å². The number of benzene rings is 1. The molecule has 76 valence electrons. The zero-order valence-electron chi connectivity index (χ0n) is 8.22. The van der Waals surface area contributed by atoms with E-state index in [9.17, 15) is 0 Å². The fraction of sp³-hybridized carbons (Fsp3) is 0.250. The van der Waals surface area contributed by atoms with Crippen molar-refractivity contribution in [3.8, 4) is 5.75 Å². The maximum Gasteiger partial charge on any atom is 0.130 e. The number of fused-ring (bicyclic) bond motifs is 1. The molecular formula is C12H11NO2. The molecule has 0 N–H and O–H groups in total. The molecule has 3 rings (SSSR count). The van der Waals surface area contributed by atoms with Gasteiger partial charge >= 0.3 is 0 Å².